The Morgan fingerprint density at radius 1 is 0.392 bits per heavy atom. The fraction of sp³-hybridized carbons (Fsp3) is 0.0612. The molecule has 10 rings (SSSR count). The largest absolute Gasteiger partial charge is 0.310 e. The molecule has 0 saturated heterocycles. The summed E-state index contributed by atoms with van der Waals surface area (Å²) in [6, 6.07) is 64.8. The van der Waals surface area contributed by atoms with Crippen LogP contribution >= 0.6 is 11.3 Å². The zero-order chi connectivity index (χ0) is 34.1. The summed E-state index contributed by atoms with van der Waals surface area (Å²) < 4.78 is 2.66. The molecule has 1 aromatic heterocycles. The van der Waals surface area contributed by atoms with Crippen LogP contribution in [0, 0.1) is 0 Å². The van der Waals surface area contributed by atoms with Crippen LogP contribution in [0.3, 0.4) is 0 Å². The Morgan fingerprint density at radius 2 is 1.04 bits per heavy atom. The van der Waals surface area contributed by atoms with Crippen molar-refractivity contribution in [1.29, 1.82) is 0 Å². The molecule has 9 aromatic rings. The molecule has 0 unspecified atom stereocenters. The summed E-state index contributed by atoms with van der Waals surface area (Å²) in [7, 11) is 0. The summed E-state index contributed by atoms with van der Waals surface area (Å²) in [6.07, 6.45) is 0. The molecule has 0 saturated carbocycles. The van der Waals surface area contributed by atoms with Gasteiger partial charge in [0, 0.05) is 48.2 Å². The van der Waals surface area contributed by atoms with E-state index in [2.05, 4.69) is 195 Å². The normalized spacial score (nSPS) is 13.1. The molecule has 242 valence electrons. The molecule has 51 heavy (non-hydrogen) atoms. The molecule has 1 heterocycles. The molecular formula is C49H35NS. The molecular weight excluding hydrogens is 635 g/mol. The SMILES string of the molecule is CC1(C)c2ccccc2-c2ccc(N(c3ccc(-c4ccccc4)cc3)c3cc(-c4ccccc4)c4sc5c6ccccc6ccc5c4c3)cc21. The van der Waals surface area contributed by atoms with E-state index < -0.39 is 0 Å². The average Bonchev–Trinajstić information content (AvgIpc) is 3.68. The molecule has 0 bridgehead atoms. The molecule has 0 atom stereocenters. The predicted molar refractivity (Wildman–Crippen MR) is 220 cm³/mol. The topological polar surface area (TPSA) is 3.24 Å². The number of hydrogen-bond donors (Lipinski definition) is 0. The maximum atomic E-state index is 2.46. The van der Waals surface area contributed by atoms with Gasteiger partial charge in [-0.2, -0.15) is 0 Å². The Kier molecular flexibility index (Phi) is 6.78. The Labute approximate surface area is 302 Å². The fourth-order valence-corrected chi connectivity index (χ4v) is 9.62. The van der Waals surface area contributed by atoms with Gasteiger partial charge in [-0.15, -0.1) is 11.3 Å². The Hall–Kier alpha value is -5.96. The Balaban J connectivity index is 1.24. The summed E-state index contributed by atoms with van der Waals surface area (Å²) in [5.41, 5.74) is 13.7. The molecule has 0 radical (unpaired) electrons. The summed E-state index contributed by atoms with van der Waals surface area (Å²) >= 11 is 1.91. The maximum absolute atomic E-state index is 2.46. The molecule has 8 aromatic carbocycles. The second-order valence-corrected chi connectivity index (χ2v) is 15.2. The molecule has 0 amide bonds. The molecule has 0 spiro atoms. The second-order valence-electron chi connectivity index (χ2n) is 14.2. The first-order chi connectivity index (χ1) is 25.0. The molecule has 0 N–H and O–H groups in total. The van der Waals surface area contributed by atoms with Gasteiger partial charge in [0.1, 0.15) is 0 Å². The van der Waals surface area contributed by atoms with Crippen LogP contribution in [-0.2, 0) is 5.41 Å². The van der Waals surface area contributed by atoms with Crippen LogP contribution in [0.2, 0.25) is 0 Å². The van der Waals surface area contributed by atoms with Crippen molar-refractivity contribution in [1.82, 2.24) is 0 Å². The van der Waals surface area contributed by atoms with Crippen molar-refractivity contribution in [3.05, 3.63) is 187 Å². The van der Waals surface area contributed by atoms with Gasteiger partial charge in [0.05, 0.1) is 0 Å². The predicted octanol–water partition coefficient (Wildman–Crippen LogP) is 14.3. The van der Waals surface area contributed by atoms with Gasteiger partial charge in [-0.25, -0.2) is 0 Å². The number of rotatable bonds is 5. The first-order valence-corrected chi connectivity index (χ1v) is 18.5. The highest BCUT2D eigenvalue weighted by Crippen LogP contribution is 2.52. The average molecular weight is 670 g/mol. The summed E-state index contributed by atoms with van der Waals surface area (Å²) in [5.74, 6) is 0. The summed E-state index contributed by atoms with van der Waals surface area (Å²) in [5, 5.41) is 5.18. The molecule has 1 aliphatic rings. The Bertz CT molecular complexity index is 2760. The lowest BCUT2D eigenvalue weighted by atomic mass is 9.82. The number of thiophene rings is 1. The van der Waals surface area contributed by atoms with Crippen molar-refractivity contribution in [2.24, 2.45) is 0 Å². The molecule has 0 aliphatic heterocycles. The van der Waals surface area contributed by atoms with Gasteiger partial charge < -0.3 is 4.90 Å². The van der Waals surface area contributed by atoms with E-state index in [0.717, 1.165) is 17.1 Å². The zero-order valence-electron chi connectivity index (χ0n) is 28.6. The third-order valence-corrected chi connectivity index (χ3v) is 12.1. The first-order valence-electron chi connectivity index (χ1n) is 17.7. The van der Waals surface area contributed by atoms with Crippen molar-refractivity contribution in [3.8, 4) is 33.4 Å². The van der Waals surface area contributed by atoms with Crippen molar-refractivity contribution in [2.45, 2.75) is 19.3 Å². The number of nitrogens with zero attached hydrogens (tertiary/aromatic N) is 1. The monoisotopic (exact) mass is 669 g/mol. The van der Waals surface area contributed by atoms with Gasteiger partial charge in [-0.05, 0) is 86.1 Å². The van der Waals surface area contributed by atoms with E-state index in [-0.39, 0.29) is 5.41 Å². The highest BCUT2D eigenvalue weighted by atomic mass is 32.1. The zero-order valence-corrected chi connectivity index (χ0v) is 29.4. The van der Waals surface area contributed by atoms with E-state index in [1.54, 1.807) is 0 Å². The quantitative estimate of drug-likeness (QED) is 0.176. The number of fused-ring (bicyclic) bond motifs is 8. The van der Waals surface area contributed by atoms with Gasteiger partial charge in [0.25, 0.3) is 0 Å². The minimum absolute atomic E-state index is 0.103. The number of benzene rings is 8. The van der Waals surface area contributed by atoms with E-state index >= 15 is 0 Å². The van der Waals surface area contributed by atoms with Crippen LogP contribution in [0.1, 0.15) is 25.0 Å². The van der Waals surface area contributed by atoms with Gasteiger partial charge in [-0.3, -0.25) is 0 Å². The summed E-state index contributed by atoms with van der Waals surface area (Å²) in [6.45, 7) is 4.73. The van der Waals surface area contributed by atoms with E-state index in [1.807, 2.05) is 11.3 Å². The number of hydrogen-bond acceptors (Lipinski definition) is 2. The van der Waals surface area contributed by atoms with Gasteiger partial charge >= 0.3 is 0 Å². The smallest absolute Gasteiger partial charge is 0.0475 e. The molecule has 0 fully saturated rings. The minimum atomic E-state index is -0.103. The second kappa shape index (κ2) is 11.6. The van der Waals surface area contributed by atoms with Gasteiger partial charge in [0.2, 0.25) is 0 Å². The minimum Gasteiger partial charge on any atom is -0.310 e. The van der Waals surface area contributed by atoms with Crippen LogP contribution in [-0.4, -0.2) is 0 Å². The van der Waals surface area contributed by atoms with E-state index in [0.29, 0.717) is 0 Å². The van der Waals surface area contributed by atoms with Crippen molar-refractivity contribution < 1.29 is 0 Å². The van der Waals surface area contributed by atoms with Gasteiger partial charge in [-0.1, -0.05) is 153 Å². The molecule has 1 nitrogen and oxygen atoms in total. The third kappa shape index (κ3) is 4.75. The van der Waals surface area contributed by atoms with Gasteiger partial charge in [0.15, 0.2) is 0 Å². The van der Waals surface area contributed by atoms with E-state index in [1.165, 1.54) is 75.5 Å². The summed E-state index contributed by atoms with van der Waals surface area (Å²) in [4.78, 5) is 2.46. The molecule has 1 aliphatic carbocycles. The van der Waals surface area contributed by atoms with Crippen LogP contribution in [0.4, 0.5) is 17.1 Å². The van der Waals surface area contributed by atoms with Crippen molar-refractivity contribution in [2.75, 3.05) is 4.90 Å². The van der Waals surface area contributed by atoms with Crippen LogP contribution in [0.15, 0.2) is 176 Å². The lowest BCUT2D eigenvalue weighted by Gasteiger charge is -2.29. The van der Waals surface area contributed by atoms with Crippen LogP contribution in [0.25, 0.3) is 64.3 Å². The lowest BCUT2D eigenvalue weighted by molar-refractivity contribution is 0.660. The number of anilines is 3. The van der Waals surface area contributed by atoms with Crippen molar-refractivity contribution in [3.63, 3.8) is 0 Å². The van der Waals surface area contributed by atoms with Crippen molar-refractivity contribution >= 4 is 59.3 Å². The molecule has 2 heteroatoms. The third-order valence-electron chi connectivity index (χ3n) is 10.8. The van der Waals surface area contributed by atoms with Crippen LogP contribution < -0.4 is 4.90 Å². The first kappa shape index (κ1) is 29.9. The lowest BCUT2D eigenvalue weighted by Crippen LogP contribution is -2.16. The Morgan fingerprint density at radius 3 is 1.84 bits per heavy atom. The van der Waals surface area contributed by atoms with Crippen LogP contribution in [0.5, 0.6) is 0 Å². The standard InChI is InChI=1S/C49H35NS/c1-49(2)45-20-12-11-19-40(45)41-28-26-37(31-46(41)49)50(36-24-21-33(22-25-36)32-13-5-3-6-14-32)38-29-43(34-15-7-4-8-16-34)48-44(30-38)42-27-23-35-17-9-10-18-39(35)47(42)51-48/h3-31H,1-2H3. The fourth-order valence-electron chi connectivity index (χ4n) is 8.26. The highest BCUT2D eigenvalue weighted by Gasteiger charge is 2.35. The highest BCUT2D eigenvalue weighted by molar-refractivity contribution is 7.27. The maximum Gasteiger partial charge on any atom is 0.0475 e. The van der Waals surface area contributed by atoms with E-state index in [4.69, 9.17) is 0 Å². The van der Waals surface area contributed by atoms with E-state index in [9.17, 15) is 0 Å².